The molecule has 1 aromatic carbocycles. The Bertz CT molecular complexity index is 873. The van der Waals surface area contributed by atoms with Gasteiger partial charge in [-0.25, -0.2) is 12.8 Å². The van der Waals surface area contributed by atoms with Crippen LogP contribution in [0.2, 0.25) is 0 Å². The third kappa shape index (κ3) is 4.22. The summed E-state index contributed by atoms with van der Waals surface area (Å²) in [5.41, 5.74) is 0.886. The summed E-state index contributed by atoms with van der Waals surface area (Å²) in [4.78, 5) is 13.8. The van der Waals surface area contributed by atoms with Crippen molar-refractivity contribution in [2.45, 2.75) is 17.7 Å². The molecular weight excluding hydrogens is 377 g/mol. The number of rotatable bonds is 5. The van der Waals surface area contributed by atoms with E-state index < -0.39 is 10.0 Å². The monoisotopic (exact) mass is 397 g/mol. The van der Waals surface area contributed by atoms with Crippen molar-refractivity contribution in [1.82, 2.24) is 9.62 Å². The maximum atomic E-state index is 13.0. The highest BCUT2D eigenvalue weighted by Gasteiger charge is 2.29. The van der Waals surface area contributed by atoms with Crippen LogP contribution < -0.4 is 10.2 Å². The van der Waals surface area contributed by atoms with Crippen LogP contribution in [0.3, 0.4) is 0 Å². The first-order valence-electron chi connectivity index (χ1n) is 8.20. The van der Waals surface area contributed by atoms with E-state index in [0.29, 0.717) is 32.7 Å². The van der Waals surface area contributed by atoms with Crippen LogP contribution in [-0.2, 0) is 21.4 Å². The fourth-order valence-electron chi connectivity index (χ4n) is 2.77. The van der Waals surface area contributed by atoms with Gasteiger partial charge in [-0.2, -0.15) is 4.31 Å². The average molecular weight is 397 g/mol. The summed E-state index contributed by atoms with van der Waals surface area (Å²) in [5.74, 6) is -0.442. The number of benzene rings is 1. The Kier molecular flexibility index (Phi) is 5.59. The fraction of sp³-hybridized carbons (Fsp3) is 0.353. The average Bonchev–Trinajstić information content (AvgIpc) is 3.11. The molecule has 1 aliphatic rings. The summed E-state index contributed by atoms with van der Waals surface area (Å²) in [6.45, 7) is 3.60. The molecule has 140 valence electrons. The Morgan fingerprint density at radius 3 is 2.38 bits per heavy atom. The van der Waals surface area contributed by atoms with Gasteiger partial charge >= 0.3 is 0 Å². The predicted molar refractivity (Wildman–Crippen MR) is 99.2 cm³/mol. The van der Waals surface area contributed by atoms with Crippen molar-refractivity contribution in [1.29, 1.82) is 0 Å². The quantitative estimate of drug-likeness (QED) is 0.838. The Hall–Kier alpha value is -1.97. The number of amides is 1. The van der Waals surface area contributed by atoms with Crippen molar-refractivity contribution in [2.24, 2.45) is 0 Å². The zero-order valence-corrected chi connectivity index (χ0v) is 15.9. The Morgan fingerprint density at radius 1 is 1.12 bits per heavy atom. The van der Waals surface area contributed by atoms with E-state index >= 15 is 0 Å². The van der Waals surface area contributed by atoms with Gasteiger partial charge in [-0.1, -0.05) is 0 Å². The lowest BCUT2D eigenvalue weighted by Gasteiger charge is -2.35. The second kappa shape index (κ2) is 7.73. The van der Waals surface area contributed by atoms with Crippen molar-refractivity contribution in [3.63, 3.8) is 0 Å². The van der Waals surface area contributed by atoms with Crippen LogP contribution in [-0.4, -0.2) is 44.8 Å². The van der Waals surface area contributed by atoms with E-state index in [1.807, 2.05) is 4.90 Å². The minimum Gasteiger partial charge on any atom is -0.369 e. The number of piperazine rings is 1. The molecule has 9 heteroatoms. The van der Waals surface area contributed by atoms with Gasteiger partial charge in [-0.05, 0) is 36.4 Å². The molecule has 0 bridgehead atoms. The summed E-state index contributed by atoms with van der Waals surface area (Å²) in [6, 6.07) is 9.52. The Balaban J connectivity index is 1.64. The van der Waals surface area contributed by atoms with Gasteiger partial charge in [0.05, 0.1) is 6.54 Å². The van der Waals surface area contributed by atoms with Crippen molar-refractivity contribution < 1.29 is 17.6 Å². The van der Waals surface area contributed by atoms with E-state index in [4.69, 9.17) is 0 Å². The number of nitrogens with one attached hydrogen (secondary N) is 1. The highest BCUT2D eigenvalue weighted by molar-refractivity contribution is 7.91. The lowest BCUT2D eigenvalue weighted by molar-refractivity contribution is -0.119. The Morgan fingerprint density at radius 2 is 1.77 bits per heavy atom. The highest BCUT2D eigenvalue weighted by Crippen LogP contribution is 2.26. The van der Waals surface area contributed by atoms with E-state index in [2.05, 4.69) is 5.32 Å². The van der Waals surface area contributed by atoms with E-state index in [0.717, 1.165) is 10.6 Å². The van der Waals surface area contributed by atoms with Gasteiger partial charge in [0.1, 0.15) is 10.0 Å². The third-order valence-corrected chi connectivity index (χ3v) is 7.62. The number of hydrogen-bond acceptors (Lipinski definition) is 5. The molecule has 1 aliphatic heterocycles. The van der Waals surface area contributed by atoms with Crippen molar-refractivity contribution in [2.75, 3.05) is 31.1 Å². The lowest BCUT2D eigenvalue weighted by atomic mass is 10.2. The molecule has 1 fully saturated rings. The maximum Gasteiger partial charge on any atom is 0.252 e. The third-order valence-electron chi connectivity index (χ3n) is 4.17. The number of anilines is 1. The summed E-state index contributed by atoms with van der Waals surface area (Å²) in [6.07, 6.45) is 0. The van der Waals surface area contributed by atoms with Crippen molar-refractivity contribution in [3.8, 4) is 0 Å². The van der Waals surface area contributed by atoms with E-state index in [-0.39, 0.29) is 15.9 Å². The van der Waals surface area contributed by atoms with E-state index in [9.17, 15) is 17.6 Å². The van der Waals surface area contributed by atoms with Gasteiger partial charge in [0.25, 0.3) is 10.0 Å². The minimum absolute atomic E-state index is 0.153. The molecule has 2 aromatic rings. The van der Waals surface area contributed by atoms with Gasteiger partial charge in [-0.15, -0.1) is 11.3 Å². The maximum absolute atomic E-state index is 13.0. The zero-order chi connectivity index (χ0) is 18.7. The molecule has 0 aliphatic carbocycles. The van der Waals surface area contributed by atoms with Gasteiger partial charge in [0, 0.05) is 43.7 Å². The first-order valence-corrected chi connectivity index (χ1v) is 10.5. The number of halogens is 1. The SMILES string of the molecule is CC(=O)NCc1ccc(S(=O)(=O)N2CCN(c3ccc(F)cc3)CC2)s1. The smallest absolute Gasteiger partial charge is 0.252 e. The first-order chi connectivity index (χ1) is 12.4. The summed E-state index contributed by atoms with van der Waals surface area (Å²) >= 11 is 1.17. The van der Waals surface area contributed by atoms with Crippen LogP contribution in [0.15, 0.2) is 40.6 Å². The van der Waals surface area contributed by atoms with Crippen LogP contribution in [0.5, 0.6) is 0 Å². The summed E-state index contributed by atoms with van der Waals surface area (Å²) in [7, 11) is -3.54. The molecule has 2 heterocycles. The second-order valence-corrected chi connectivity index (χ2v) is 9.33. The number of hydrogen-bond donors (Lipinski definition) is 1. The minimum atomic E-state index is -3.54. The number of thiophene rings is 1. The number of carbonyl (C=O) groups is 1. The molecule has 0 spiro atoms. The summed E-state index contributed by atoms with van der Waals surface area (Å²) in [5, 5.41) is 2.66. The number of nitrogens with zero attached hydrogens (tertiary/aromatic N) is 2. The van der Waals surface area contributed by atoms with Crippen LogP contribution in [0.1, 0.15) is 11.8 Å². The Labute approximate surface area is 156 Å². The predicted octanol–water partition coefficient (Wildman–Crippen LogP) is 2.03. The van der Waals surface area contributed by atoms with Gasteiger partial charge in [0.2, 0.25) is 5.91 Å². The molecule has 3 rings (SSSR count). The molecule has 1 N–H and O–H groups in total. The lowest BCUT2D eigenvalue weighted by Crippen LogP contribution is -2.48. The molecule has 1 amide bonds. The molecule has 26 heavy (non-hydrogen) atoms. The van der Waals surface area contributed by atoms with Crippen LogP contribution >= 0.6 is 11.3 Å². The molecule has 1 saturated heterocycles. The number of carbonyl (C=O) groups excluding carboxylic acids is 1. The topological polar surface area (TPSA) is 69.7 Å². The first kappa shape index (κ1) is 18.8. The molecule has 0 atom stereocenters. The molecule has 6 nitrogen and oxygen atoms in total. The second-order valence-electron chi connectivity index (χ2n) is 6.00. The van der Waals surface area contributed by atoms with E-state index in [1.54, 1.807) is 24.3 Å². The largest absolute Gasteiger partial charge is 0.369 e. The van der Waals surface area contributed by atoms with Crippen LogP contribution in [0.25, 0.3) is 0 Å². The molecule has 0 radical (unpaired) electrons. The molecule has 1 aromatic heterocycles. The highest BCUT2D eigenvalue weighted by atomic mass is 32.2. The number of sulfonamides is 1. The standard InChI is InChI=1S/C17H20FN3O3S2/c1-13(22)19-12-16-6-7-17(25-16)26(23,24)21-10-8-20(9-11-21)15-4-2-14(18)3-5-15/h2-7H,8-12H2,1H3,(H,19,22). The van der Waals surface area contributed by atoms with Crippen LogP contribution in [0, 0.1) is 5.82 Å². The molecule has 0 unspecified atom stereocenters. The molecule has 0 saturated carbocycles. The van der Waals surface area contributed by atoms with Gasteiger partial charge < -0.3 is 10.2 Å². The normalized spacial score (nSPS) is 15.8. The van der Waals surface area contributed by atoms with Crippen LogP contribution in [0.4, 0.5) is 10.1 Å². The van der Waals surface area contributed by atoms with E-state index in [1.165, 1.54) is 34.7 Å². The molecular formula is C17H20FN3O3S2. The van der Waals surface area contributed by atoms with Gasteiger partial charge in [-0.3, -0.25) is 4.79 Å². The van der Waals surface area contributed by atoms with Gasteiger partial charge in [0.15, 0.2) is 0 Å². The zero-order valence-electron chi connectivity index (χ0n) is 14.3. The fourth-order valence-corrected chi connectivity index (χ4v) is 5.64. The summed E-state index contributed by atoms with van der Waals surface area (Å²) < 4.78 is 40.4. The van der Waals surface area contributed by atoms with Crippen molar-refractivity contribution >= 4 is 33.0 Å². The van der Waals surface area contributed by atoms with Crippen molar-refractivity contribution in [3.05, 3.63) is 47.1 Å².